The van der Waals surface area contributed by atoms with Crippen molar-refractivity contribution in [3.05, 3.63) is 0 Å². The molecule has 3 atom stereocenters. The molecule has 0 heteroatoms. The predicted molar refractivity (Wildman–Crippen MR) is 76.1 cm³/mol. The fourth-order valence-corrected chi connectivity index (χ4v) is 4.15. The molecule has 2 fully saturated rings. The first kappa shape index (κ1) is 13.4. The molecule has 0 radical (unpaired) electrons. The van der Waals surface area contributed by atoms with Gasteiger partial charge in [0.25, 0.3) is 0 Å². The zero-order chi connectivity index (χ0) is 12.3. The molecule has 0 aromatic carbocycles. The molecule has 100 valence electrons. The average Bonchev–Trinajstić information content (AvgIpc) is 2.57. The largest absolute Gasteiger partial charge is 0.0625 e. The summed E-state index contributed by atoms with van der Waals surface area (Å²) < 4.78 is 0. The van der Waals surface area contributed by atoms with Gasteiger partial charge in [-0.25, -0.2) is 0 Å². The van der Waals surface area contributed by atoms with E-state index in [1.807, 2.05) is 0 Å². The Balaban J connectivity index is 1.88. The van der Waals surface area contributed by atoms with E-state index in [0.717, 1.165) is 17.8 Å². The van der Waals surface area contributed by atoms with Crippen molar-refractivity contribution in [2.45, 2.75) is 85.0 Å². The van der Waals surface area contributed by atoms with Crippen molar-refractivity contribution in [1.82, 2.24) is 0 Å². The Morgan fingerprint density at radius 2 is 1.41 bits per heavy atom. The first-order chi connectivity index (χ1) is 8.07. The topological polar surface area (TPSA) is 0 Å². The Labute approximate surface area is 109 Å². The molecule has 17 heavy (non-hydrogen) atoms. The molecule has 3 unspecified atom stereocenters. The van der Waals surface area contributed by atoms with Crippen LogP contribution < -0.4 is 0 Å². The van der Waals surface area contributed by atoms with E-state index in [0.29, 0.717) is 5.41 Å². The normalized spacial score (nSPS) is 39.4. The van der Waals surface area contributed by atoms with Crippen LogP contribution in [0.2, 0.25) is 0 Å². The third kappa shape index (κ3) is 4.00. The maximum Gasteiger partial charge on any atom is -0.0354 e. The minimum absolute atomic E-state index is 0.632. The summed E-state index contributed by atoms with van der Waals surface area (Å²) in [5.74, 6) is 3.15. The monoisotopic (exact) mass is 236 g/mol. The number of rotatable bonds is 1. The fourth-order valence-electron chi connectivity index (χ4n) is 4.15. The van der Waals surface area contributed by atoms with Crippen LogP contribution in [0.5, 0.6) is 0 Å². The maximum atomic E-state index is 2.48. The molecule has 0 aromatic heterocycles. The zero-order valence-electron chi connectivity index (χ0n) is 12.3. The van der Waals surface area contributed by atoms with Crippen LogP contribution in [0, 0.1) is 23.2 Å². The number of hydrogen-bond donors (Lipinski definition) is 0. The van der Waals surface area contributed by atoms with Crippen LogP contribution in [0.25, 0.3) is 0 Å². The van der Waals surface area contributed by atoms with E-state index in [1.54, 1.807) is 0 Å². The van der Waals surface area contributed by atoms with Crippen LogP contribution in [-0.2, 0) is 0 Å². The Morgan fingerprint density at radius 3 is 2.24 bits per heavy atom. The molecule has 0 aliphatic heterocycles. The van der Waals surface area contributed by atoms with Gasteiger partial charge in [-0.15, -0.1) is 0 Å². The smallest absolute Gasteiger partial charge is 0.0354 e. The standard InChI is InChI=1S/C17H32/c1-14-6-4-7-15(10-9-14)16-8-5-12-17(2,3)13-11-16/h14-16H,4-13H2,1-3H3. The van der Waals surface area contributed by atoms with E-state index >= 15 is 0 Å². The Hall–Kier alpha value is 0. The SMILES string of the molecule is CC1CCCC(C2CCCC(C)(C)CC2)CC1. The molecule has 0 amide bonds. The zero-order valence-corrected chi connectivity index (χ0v) is 12.3. The van der Waals surface area contributed by atoms with Crippen molar-refractivity contribution in [3.8, 4) is 0 Å². The van der Waals surface area contributed by atoms with Crippen molar-refractivity contribution >= 4 is 0 Å². The molecule has 2 aliphatic carbocycles. The average molecular weight is 236 g/mol. The lowest BCUT2D eigenvalue weighted by molar-refractivity contribution is 0.251. The van der Waals surface area contributed by atoms with Gasteiger partial charge < -0.3 is 0 Å². The third-order valence-electron chi connectivity index (χ3n) is 5.59. The summed E-state index contributed by atoms with van der Waals surface area (Å²) in [6.07, 6.45) is 15.1. The van der Waals surface area contributed by atoms with Crippen molar-refractivity contribution in [2.24, 2.45) is 23.2 Å². The van der Waals surface area contributed by atoms with Gasteiger partial charge in [0.2, 0.25) is 0 Å². The molecule has 0 heterocycles. The summed E-state index contributed by atoms with van der Waals surface area (Å²) >= 11 is 0. The molecular weight excluding hydrogens is 204 g/mol. The highest BCUT2D eigenvalue weighted by atomic mass is 14.3. The maximum absolute atomic E-state index is 2.48. The lowest BCUT2D eigenvalue weighted by atomic mass is 9.80. The minimum Gasteiger partial charge on any atom is -0.0625 e. The summed E-state index contributed by atoms with van der Waals surface area (Å²) in [6, 6.07) is 0. The second-order valence-electron chi connectivity index (χ2n) is 7.73. The van der Waals surface area contributed by atoms with E-state index in [4.69, 9.17) is 0 Å². The van der Waals surface area contributed by atoms with Gasteiger partial charge in [-0.1, -0.05) is 59.3 Å². The van der Waals surface area contributed by atoms with Gasteiger partial charge in [0.15, 0.2) is 0 Å². The third-order valence-corrected chi connectivity index (χ3v) is 5.59. The molecule has 2 aliphatic rings. The molecule has 0 saturated heterocycles. The quantitative estimate of drug-likeness (QED) is 0.504. The molecule has 2 saturated carbocycles. The van der Waals surface area contributed by atoms with Gasteiger partial charge in [0.1, 0.15) is 0 Å². The summed E-state index contributed by atoms with van der Waals surface area (Å²) in [4.78, 5) is 0. The van der Waals surface area contributed by atoms with Crippen LogP contribution in [0.3, 0.4) is 0 Å². The summed E-state index contributed by atoms with van der Waals surface area (Å²) in [5.41, 5.74) is 0.632. The molecule has 0 nitrogen and oxygen atoms in total. The van der Waals surface area contributed by atoms with E-state index in [2.05, 4.69) is 20.8 Å². The van der Waals surface area contributed by atoms with E-state index in [9.17, 15) is 0 Å². The second-order valence-corrected chi connectivity index (χ2v) is 7.73. The van der Waals surface area contributed by atoms with E-state index in [-0.39, 0.29) is 0 Å². The fraction of sp³-hybridized carbons (Fsp3) is 1.00. The van der Waals surface area contributed by atoms with Gasteiger partial charge in [0, 0.05) is 0 Å². The van der Waals surface area contributed by atoms with Crippen LogP contribution in [0.4, 0.5) is 0 Å². The summed E-state index contributed by atoms with van der Waals surface area (Å²) in [6.45, 7) is 7.41. The molecule has 2 rings (SSSR count). The second kappa shape index (κ2) is 5.76. The highest BCUT2D eigenvalue weighted by Crippen LogP contribution is 2.42. The highest BCUT2D eigenvalue weighted by Gasteiger charge is 2.29. The first-order valence-corrected chi connectivity index (χ1v) is 8.07. The van der Waals surface area contributed by atoms with E-state index in [1.165, 1.54) is 64.2 Å². The lowest BCUT2D eigenvalue weighted by Crippen LogP contribution is -2.15. The van der Waals surface area contributed by atoms with Crippen molar-refractivity contribution in [3.63, 3.8) is 0 Å². The minimum atomic E-state index is 0.632. The highest BCUT2D eigenvalue weighted by molar-refractivity contribution is 4.81. The Bertz CT molecular complexity index is 228. The molecule has 0 spiro atoms. The van der Waals surface area contributed by atoms with Gasteiger partial charge in [-0.3, -0.25) is 0 Å². The molecular formula is C17H32. The van der Waals surface area contributed by atoms with Crippen LogP contribution in [0.1, 0.15) is 85.0 Å². The van der Waals surface area contributed by atoms with E-state index < -0.39 is 0 Å². The van der Waals surface area contributed by atoms with Gasteiger partial charge >= 0.3 is 0 Å². The molecule has 0 N–H and O–H groups in total. The van der Waals surface area contributed by atoms with Crippen LogP contribution >= 0.6 is 0 Å². The van der Waals surface area contributed by atoms with Gasteiger partial charge in [0.05, 0.1) is 0 Å². The van der Waals surface area contributed by atoms with Crippen LogP contribution in [0.15, 0.2) is 0 Å². The molecule has 0 aromatic rings. The Morgan fingerprint density at radius 1 is 0.706 bits per heavy atom. The van der Waals surface area contributed by atoms with Crippen molar-refractivity contribution in [1.29, 1.82) is 0 Å². The van der Waals surface area contributed by atoms with Gasteiger partial charge in [-0.05, 0) is 48.9 Å². The lowest BCUT2D eigenvalue weighted by Gasteiger charge is -2.26. The number of hydrogen-bond acceptors (Lipinski definition) is 0. The van der Waals surface area contributed by atoms with Crippen LogP contribution in [-0.4, -0.2) is 0 Å². The predicted octanol–water partition coefficient (Wildman–Crippen LogP) is 5.81. The summed E-state index contributed by atoms with van der Waals surface area (Å²) in [5, 5.41) is 0. The first-order valence-electron chi connectivity index (χ1n) is 8.07. The Kier molecular flexibility index (Phi) is 4.55. The van der Waals surface area contributed by atoms with Crippen molar-refractivity contribution in [2.75, 3.05) is 0 Å². The van der Waals surface area contributed by atoms with Crippen molar-refractivity contribution < 1.29 is 0 Å². The van der Waals surface area contributed by atoms with Gasteiger partial charge in [-0.2, -0.15) is 0 Å². The summed E-state index contributed by atoms with van der Waals surface area (Å²) in [7, 11) is 0. The molecule has 0 bridgehead atoms.